The number of rotatable bonds is 2. The lowest BCUT2D eigenvalue weighted by Gasteiger charge is -2.37. The predicted octanol–water partition coefficient (Wildman–Crippen LogP) is 4.09. The monoisotopic (exact) mass is 580 g/mol. The second-order valence-electron chi connectivity index (χ2n) is 12.1. The fraction of sp³-hybridized carbons (Fsp3) is 0.500. The van der Waals surface area contributed by atoms with Gasteiger partial charge < -0.3 is 25.0 Å². The minimum Gasteiger partial charge on any atom is -0.468 e. The average molecular weight is 581 g/mol. The standard InChI is InChI=1S/C16H22N2O3.C11H13NO2.C5H9NO/c1-16(2,3)17-15(20)18-10-12-8-6-5-7-11(12)9-13(18)14(19)21-4;1-14-11(13)10-6-8-4-2-3-5-9(8)7-12-10;1-5(2,3)6-4-7/h5-8,13H,9-10H2,1-4H3,(H,17,20);2-5,10,12H,6-7H2,1H3;1-3H3. The summed E-state index contributed by atoms with van der Waals surface area (Å²) in [6.45, 7) is 12.4. The van der Waals surface area contributed by atoms with Crippen molar-refractivity contribution in [3.8, 4) is 0 Å². The zero-order valence-corrected chi connectivity index (χ0v) is 25.9. The molecule has 2 aromatic carbocycles. The van der Waals surface area contributed by atoms with Crippen molar-refractivity contribution >= 4 is 24.0 Å². The minimum atomic E-state index is -0.577. The van der Waals surface area contributed by atoms with Crippen LogP contribution in [0.5, 0.6) is 0 Å². The van der Waals surface area contributed by atoms with E-state index in [1.165, 1.54) is 31.4 Å². The van der Waals surface area contributed by atoms with Gasteiger partial charge in [0.25, 0.3) is 0 Å². The molecule has 42 heavy (non-hydrogen) atoms. The van der Waals surface area contributed by atoms with Crippen LogP contribution in [0.25, 0.3) is 0 Å². The van der Waals surface area contributed by atoms with Crippen LogP contribution in [0.2, 0.25) is 0 Å². The van der Waals surface area contributed by atoms with Crippen LogP contribution in [0.4, 0.5) is 4.79 Å². The number of aliphatic imine (C=N–C) groups is 1. The van der Waals surface area contributed by atoms with Crippen molar-refractivity contribution in [2.75, 3.05) is 14.2 Å². The van der Waals surface area contributed by atoms with Crippen molar-refractivity contribution in [2.45, 2.75) is 90.6 Å². The zero-order valence-electron chi connectivity index (χ0n) is 25.9. The van der Waals surface area contributed by atoms with E-state index in [0.717, 1.165) is 24.1 Å². The van der Waals surface area contributed by atoms with Crippen molar-refractivity contribution in [1.29, 1.82) is 0 Å². The van der Waals surface area contributed by atoms with Crippen molar-refractivity contribution in [2.24, 2.45) is 4.99 Å². The van der Waals surface area contributed by atoms with Crippen LogP contribution < -0.4 is 10.6 Å². The highest BCUT2D eigenvalue weighted by atomic mass is 16.5. The second-order valence-corrected chi connectivity index (χ2v) is 12.1. The van der Waals surface area contributed by atoms with Gasteiger partial charge in [-0.05, 0) is 70.2 Å². The number of carbonyl (C=O) groups is 3. The van der Waals surface area contributed by atoms with Crippen molar-refractivity contribution < 1.29 is 28.7 Å². The van der Waals surface area contributed by atoms with Gasteiger partial charge in [0.1, 0.15) is 12.1 Å². The third-order valence-electron chi connectivity index (χ3n) is 6.41. The fourth-order valence-electron chi connectivity index (χ4n) is 4.38. The lowest BCUT2D eigenvalue weighted by atomic mass is 9.94. The summed E-state index contributed by atoms with van der Waals surface area (Å²) >= 11 is 0. The lowest BCUT2D eigenvalue weighted by molar-refractivity contribution is -0.146. The maximum Gasteiger partial charge on any atom is 0.329 e. The molecule has 0 spiro atoms. The van der Waals surface area contributed by atoms with Crippen LogP contribution in [0.15, 0.2) is 53.5 Å². The summed E-state index contributed by atoms with van der Waals surface area (Å²) in [5.41, 5.74) is 4.07. The molecule has 10 nitrogen and oxygen atoms in total. The number of methoxy groups -OCH3 is 2. The fourth-order valence-corrected chi connectivity index (χ4v) is 4.38. The number of urea groups is 1. The maximum absolute atomic E-state index is 12.5. The Kier molecular flexibility index (Phi) is 12.4. The van der Waals surface area contributed by atoms with Crippen molar-refractivity contribution in [3.05, 3.63) is 70.8 Å². The lowest BCUT2D eigenvalue weighted by Crippen LogP contribution is -2.56. The molecule has 2 aliphatic rings. The van der Waals surface area contributed by atoms with Gasteiger partial charge in [-0.3, -0.25) is 4.79 Å². The first-order valence-electron chi connectivity index (χ1n) is 13.9. The minimum absolute atomic E-state index is 0.181. The Morgan fingerprint density at radius 1 is 0.857 bits per heavy atom. The first-order chi connectivity index (χ1) is 19.7. The summed E-state index contributed by atoms with van der Waals surface area (Å²) in [6.07, 6.45) is 2.69. The van der Waals surface area contributed by atoms with Gasteiger partial charge in [-0.2, -0.15) is 0 Å². The maximum atomic E-state index is 12.5. The highest BCUT2D eigenvalue weighted by molar-refractivity contribution is 5.85. The van der Waals surface area contributed by atoms with E-state index in [1.807, 2.05) is 77.9 Å². The van der Waals surface area contributed by atoms with E-state index >= 15 is 0 Å². The molecule has 10 heteroatoms. The molecule has 2 amide bonds. The second kappa shape index (κ2) is 15.3. The van der Waals surface area contributed by atoms with Crippen molar-refractivity contribution in [3.63, 3.8) is 0 Å². The average Bonchev–Trinajstić information content (AvgIpc) is 2.94. The first-order valence-corrected chi connectivity index (χ1v) is 13.9. The van der Waals surface area contributed by atoms with Crippen LogP contribution >= 0.6 is 0 Å². The normalized spacial score (nSPS) is 17.3. The van der Waals surface area contributed by atoms with E-state index in [4.69, 9.17) is 9.47 Å². The van der Waals surface area contributed by atoms with E-state index < -0.39 is 6.04 Å². The Hall–Kier alpha value is -4.01. The molecule has 4 rings (SSSR count). The summed E-state index contributed by atoms with van der Waals surface area (Å²) < 4.78 is 9.56. The van der Waals surface area contributed by atoms with Crippen LogP contribution in [0, 0.1) is 0 Å². The van der Waals surface area contributed by atoms with Gasteiger partial charge in [0.15, 0.2) is 0 Å². The third kappa shape index (κ3) is 10.8. The molecule has 0 fully saturated rings. The van der Waals surface area contributed by atoms with Gasteiger partial charge in [-0.25, -0.2) is 19.4 Å². The van der Waals surface area contributed by atoms with E-state index in [9.17, 15) is 19.2 Å². The highest BCUT2D eigenvalue weighted by Gasteiger charge is 2.36. The number of hydrogen-bond acceptors (Lipinski definition) is 8. The van der Waals surface area contributed by atoms with E-state index in [2.05, 4.69) is 27.8 Å². The molecule has 0 aliphatic carbocycles. The Labute approximate surface area is 248 Å². The number of amides is 2. The molecule has 0 saturated carbocycles. The van der Waals surface area contributed by atoms with Crippen LogP contribution in [0.1, 0.15) is 63.8 Å². The molecule has 0 radical (unpaired) electrons. The Morgan fingerprint density at radius 3 is 1.86 bits per heavy atom. The molecule has 0 bridgehead atoms. The molecule has 0 saturated heterocycles. The van der Waals surface area contributed by atoms with E-state index in [0.29, 0.717) is 13.0 Å². The highest BCUT2D eigenvalue weighted by Crippen LogP contribution is 2.24. The molecule has 2 aromatic rings. The van der Waals surface area contributed by atoms with Crippen LogP contribution in [-0.2, 0) is 49.8 Å². The van der Waals surface area contributed by atoms with Crippen LogP contribution in [-0.4, -0.2) is 66.3 Å². The molecule has 2 heterocycles. The number of benzene rings is 2. The Bertz CT molecular complexity index is 1270. The van der Waals surface area contributed by atoms with Gasteiger partial charge in [-0.15, -0.1) is 0 Å². The summed E-state index contributed by atoms with van der Waals surface area (Å²) in [4.78, 5) is 50.3. The van der Waals surface area contributed by atoms with Gasteiger partial charge in [-0.1, -0.05) is 48.5 Å². The number of ether oxygens (including phenoxy) is 2. The number of isocyanates is 1. The van der Waals surface area contributed by atoms with Gasteiger partial charge in [0.05, 0.1) is 19.8 Å². The summed E-state index contributed by atoms with van der Waals surface area (Å²) in [5.74, 6) is -0.562. The number of nitrogens with one attached hydrogen (secondary N) is 2. The zero-order chi connectivity index (χ0) is 31.5. The molecule has 2 aliphatic heterocycles. The number of nitrogens with zero attached hydrogens (tertiary/aromatic N) is 2. The number of fused-ring (bicyclic) bond motifs is 2. The summed E-state index contributed by atoms with van der Waals surface area (Å²) in [6, 6.07) is 15.0. The third-order valence-corrected chi connectivity index (χ3v) is 6.41. The summed E-state index contributed by atoms with van der Waals surface area (Å²) in [5, 5.41) is 6.06. The van der Waals surface area contributed by atoms with Gasteiger partial charge in [0, 0.05) is 25.0 Å². The molecule has 2 N–H and O–H groups in total. The largest absolute Gasteiger partial charge is 0.468 e. The van der Waals surface area contributed by atoms with Gasteiger partial charge >= 0.3 is 18.0 Å². The van der Waals surface area contributed by atoms with Gasteiger partial charge in [0.2, 0.25) is 6.08 Å². The first kappa shape index (κ1) is 34.2. The number of esters is 2. The van der Waals surface area contributed by atoms with E-state index in [1.54, 1.807) is 4.90 Å². The van der Waals surface area contributed by atoms with Crippen LogP contribution in [0.3, 0.4) is 0 Å². The van der Waals surface area contributed by atoms with E-state index in [-0.39, 0.29) is 35.1 Å². The van der Waals surface area contributed by atoms with Crippen molar-refractivity contribution in [1.82, 2.24) is 15.5 Å². The Morgan fingerprint density at radius 2 is 1.38 bits per heavy atom. The molecular weight excluding hydrogens is 536 g/mol. The molecule has 228 valence electrons. The number of carbonyl (C=O) groups excluding carboxylic acids is 4. The summed E-state index contributed by atoms with van der Waals surface area (Å²) in [7, 11) is 2.77. The topological polar surface area (TPSA) is 126 Å². The smallest absolute Gasteiger partial charge is 0.329 e. The number of hydrogen-bond donors (Lipinski definition) is 2. The predicted molar refractivity (Wildman–Crippen MR) is 160 cm³/mol. The SMILES string of the molecule is CC(C)(C)N=C=O.COC(=O)C1Cc2ccccc2CN1.COC(=O)C1Cc2ccccc2CN1C(=O)NC(C)(C)C. The quantitative estimate of drug-likeness (QED) is 0.311. The molecule has 2 atom stereocenters. The molecule has 2 unspecified atom stereocenters. The molecule has 0 aromatic heterocycles. The molecular formula is C32H44N4O6. The Balaban J connectivity index is 0.000000252.